The minimum absolute atomic E-state index is 0.0875. The lowest BCUT2D eigenvalue weighted by Gasteiger charge is -2.17. The van der Waals surface area contributed by atoms with Crippen LogP contribution in [0.3, 0.4) is 0 Å². The van der Waals surface area contributed by atoms with E-state index >= 15 is 0 Å². The quantitative estimate of drug-likeness (QED) is 0.408. The molecule has 0 radical (unpaired) electrons. The van der Waals surface area contributed by atoms with E-state index in [1.54, 1.807) is 34.5 Å². The van der Waals surface area contributed by atoms with Gasteiger partial charge in [-0.25, -0.2) is 9.38 Å². The highest BCUT2D eigenvalue weighted by molar-refractivity contribution is 7.99. The maximum Gasteiger partial charge on any atom is 0.260 e. The highest BCUT2D eigenvalue weighted by Crippen LogP contribution is 2.40. The van der Waals surface area contributed by atoms with E-state index in [1.807, 2.05) is 10.5 Å². The number of amides is 1. The van der Waals surface area contributed by atoms with Crippen LogP contribution < -0.4 is 5.32 Å². The van der Waals surface area contributed by atoms with E-state index in [0.717, 1.165) is 34.5 Å². The number of carbonyl (C=O) groups excluding carboxylic acids is 1. The zero-order chi connectivity index (χ0) is 20.9. The van der Waals surface area contributed by atoms with Crippen LogP contribution in [0.25, 0.3) is 21.6 Å². The summed E-state index contributed by atoms with van der Waals surface area (Å²) < 4.78 is 9.03. The van der Waals surface area contributed by atoms with Crippen molar-refractivity contribution >= 4 is 50.6 Å². The molecule has 1 atom stereocenters. The van der Waals surface area contributed by atoms with Crippen molar-refractivity contribution in [1.29, 1.82) is 0 Å². The van der Waals surface area contributed by atoms with Crippen LogP contribution in [-0.4, -0.2) is 40.9 Å². The first-order valence-electron chi connectivity index (χ1n) is 10.1. The van der Waals surface area contributed by atoms with Crippen molar-refractivity contribution in [2.45, 2.75) is 37.9 Å². The van der Waals surface area contributed by atoms with Gasteiger partial charge >= 0.3 is 0 Å². The predicted octanol–water partition coefficient (Wildman–Crippen LogP) is 3.11. The van der Waals surface area contributed by atoms with Gasteiger partial charge in [-0.05, 0) is 42.9 Å². The number of hydrogen-bond acceptors (Lipinski definition) is 8. The molecule has 31 heavy (non-hydrogen) atoms. The largest absolute Gasteiger partial charge is 0.467 e. The van der Waals surface area contributed by atoms with Gasteiger partial charge in [-0.3, -0.25) is 4.79 Å². The Labute approximate surface area is 184 Å². The van der Waals surface area contributed by atoms with E-state index in [9.17, 15) is 4.79 Å². The van der Waals surface area contributed by atoms with E-state index in [4.69, 9.17) is 4.42 Å². The second-order valence-electron chi connectivity index (χ2n) is 7.79. The molecule has 0 saturated heterocycles. The summed E-state index contributed by atoms with van der Waals surface area (Å²) in [6.45, 7) is 2.67. The predicted molar refractivity (Wildman–Crippen MR) is 117 cm³/mol. The van der Waals surface area contributed by atoms with Crippen LogP contribution in [0.4, 0.5) is 0 Å². The Morgan fingerprint density at radius 1 is 1.42 bits per heavy atom. The molecule has 11 heteroatoms. The number of thiophene rings is 1. The number of nitrogens with one attached hydrogen (secondary N) is 1. The average Bonchev–Trinajstić information content (AvgIpc) is 3.54. The van der Waals surface area contributed by atoms with E-state index in [1.165, 1.54) is 28.6 Å². The molecular weight excluding hydrogens is 434 g/mol. The fourth-order valence-corrected chi connectivity index (χ4v) is 6.46. The summed E-state index contributed by atoms with van der Waals surface area (Å²) in [7, 11) is 0. The Morgan fingerprint density at radius 2 is 2.35 bits per heavy atom. The van der Waals surface area contributed by atoms with E-state index in [2.05, 4.69) is 32.5 Å². The van der Waals surface area contributed by atoms with Crippen molar-refractivity contribution in [1.82, 2.24) is 34.5 Å². The molecule has 5 aromatic heterocycles. The van der Waals surface area contributed by atoms with Crippen molar-refractivity contribution in [3.63, 3.8) is 0 Å². The van der Waals surface area contributed by atoms with Crippen LogP contribution in [0.15, 0.2) is 34.3 Å². The van der Waals surface area contributed by atoms with Crippen LogP contribution >= 0.6 is 23.1 Å². The van der Waals surface area contributed by atoms with E-state index in [-0.39, 0.29) is 11.7 Å². The van der Waals surface area contributed by atoms with Crippen molar-refractivity contribution in [2.24, 2.45) is 5.92 Å². The molecule has 1 unspecified atom stereocenters. The molecule has 1 aliphatic carbocycles. The number of nitrogens with zero attached hydrogens (tertiary/aromatic N) is 6. The third kappa shape index (κ3) is 3.10. The summed E-state index contributed by atoms with van der Waals surface area (Å²) in [6.07, 6.45) is 6.46. The molecule has 0 saturated carbocycles. The Hall–Kier alpha value is -2.92. The van der Waals surface area contributed by atoms with Gasteiger partial charge in [-0.15, -0.1) is 21.5 Å². The Morgan fingerprint density at radius 3 is 3.23 bits per heavy atom. The molecule has 1 N–H and O–H groups in total. The van der Waals surface area contributed by atoms with Gasteiger partial charge in [0.05, 0.1) is 23.9 Å². The third-order valence-electron chi connectivity index (χ3n) is 5.65. The lowest BCUT2D eigenvalue weighted by molar-refractivity contribution is -0.118. The summed E-state index contributed by atoms with van der Waals surface area (Å²) in [5.74, 6) is 2.17. The Bertz CT molecular complexity index is 1420. The van der Waals surface area contributed by atoms with Gasteiger partial charge in [-0.1, -0.05) is 18.7 Å². The fourth-order valence-electron chi connectivity index (χ4n) is 4.13. The van der Waals surface area contributed by atoms with Gasteiger partial charge in [0, 0.05) is 4.88 Å². The fraction of sp³-hybridized carbons (Fsp3) is 0.350. The maximum absolute atomic E-state index is 12.3. The maximum atomic E-state index is 12.3. The minimum Gasteiger partial charge on any atom is -0.467 e. The SMILES string of the molecule is CC1CCc2c(sc3c2c2ncnn2c2nnc(SCC(=O)NCc4ccco4)n32)C1. The summed E-state index contributed by atoms with van der Waals surface area (Å²) >= 11 is 3.15. The highest BCUT2D eigenvalue weighted by atomic mass is 32.2. The Balaban J connectivity index is 1.37. The van der Waals surface area contributed by atoms with Gasteiger partial charge in [0.1, 0.15) is 16.9 Å². The zero-order valence-electron chi connectivity index (χ0n) is 16.7. The lowest BCUT2D eigenvalue weighted by Crippen LogP contribution is -2.24. The molecule has 0 aliphatic heterocycles. The third-order valence-corrected chi connectivity index (χ3v) is 7.81. The molecule has 9 nitrogen and oxygen atoms in total. The molecule has 158 valence electrons. The number of aromatic nitrogens is 6. The average molecular weight is 454 g/mol. The Kier molecular flexibility index (Phi) is 4.46. The first kappa shape index (κ1) is 18.8. The molecule has 0 bridgehead atoms. The number of hydrogen-bond donors (Lipinski definition) is 1. The van der Waals surface area contributed by atoms with Crippen molar-refractivity contribution < 1.29 is 9.21 Å². The molecular formula is C20H19N7O2S2. The van der Waals surface area contributed by atoms with Crippen molar-refractivity contribution in [2.75, 3.05) is 5.75 Å². The van der Waals surface area contributed by atoms with Gasteiger partial charge in [0.25, 0.3) is 5.78 Å². The van der Waals surface area contributed by atoms with Crippen LogP contribution in [0.5, 0.6) is 0 Å². The lowest BCUT2D eigenvalue weighted by atomic mass is 9.89. The first-order chi connectivity index (χ1) is 15.2. The summed E-state index contributed by atoms with van der Waals surface area (Å²) in [6, 6.07) is 3.63. The van der Waals surface area contributed by atoms with Crippen molar-refractivity contribution in [3.05, 3.63) is 40.9 Å². The van der Waals surface area contributed by atoms with Gasteiger partial charge < -0.3 is 9.73 Å². The van der Waals surface area contributed by atoms with Crippen LogP contribution in [0.1, 0.15) is 29.5 Å². The van der Waals surface area contributed by atoms with Gasteiger partial charge in [0.2, 0.25) is 5.91 Å². The smallest absolute Gasteiger partial charge is 0.260 e. The molecule has 1 aliphatic rings. The first-order valence-corrected chi connectivity index (χ1v) is 11.9. The number of fused-ring (bicyclic) bond motifs is 8. The number of thioether (sulfide) groups is 1. The standard InChI is InChI=1S/C20H19N7O2S2/c1-11-4-5-13-14(7-11)31-18-16(13)17-22-10-23-27(17)19-24-25-20(26(18)19)30-9-15(28)21-8-12-3-2-6-29-12/h2-3,6,10-11H,4-5,7-9H2,1H3,(H,21,28). The van der Waals surface area contributed by atoms with Crippen molar-refractivity contribution in [3.8, 4) is 0 Å². The van der Waals surface area contributed by atoms with Crippen LogP contribution in [0, 0.1) is 5.92 Å². The number of carbonyl (C=O) groups is 1. The number of aryl methyl sites for hydroxylation is 1. The topological polar surface area (TPSA) is 103 Å². The monoisotopic (exact) mass is 453 g/mol. The molecule has 5 aromatic rings. The molecule has 1 amide bonds. The summed E-state index contributed by atoms with van der Waals surface area (Å²) in [5.41, 5.74) is 2.20. The second-order valence-corrected chi connectivity index (χ2v) is 9.82. The second kappa shape index (κ2) is 7.34. The molecule has 5 heterocycles. The minimum atomic E-state index is -0.0875. The van der Waals surface area contributed by atoms with E-state index < -0.39 is 0 Å². The van der Waals surface area contributed by atoms with Crippen LogP contribution in [0.2, 0.25) is 0 Å². The number of furan rings is 1. The summed E-state index contributed by atoms with van der Waals surface area (Å²) in [5, 5.41) is 17.8. The van der Waals surface area contributed by atoms with E-state index in [0.29, 0.717) is 23.4 Å². The summed E-state index contributed by atoms with van der Waals surface area (Å²) in [4.78, 5) is 19.4. The highest BCUT2D eigenvalue weighted by Gasteiger charge is 2.26. The van der Waals surface area contributed by atoms with Gasteiger partial charge in [-0.2, -0.15) is 9.61 Å². The molecule has 0 aromatic carbocycles. The zero-order valence-corrected chi connectivity index (χ0v) is 18.4. The number of rotatable bonds is 5. The van der Waals surface area contributed by atoms with Gasteiger partial charge in [0.15, 0.2) is 10.8 Å². The molecule has 6 rings (SSSR count). The van der Waals surface area contributed by atoms with Crippen LogP contribution in [-0.2, 0) is 24.2 Å². The molecule has 0 fully saturated rings. The molecule has 0 spiro atoms. The normalized spacial score (nSPS) is 16.4.